The summed E-state index contributed by atoms with van der Waals surface area (Å²) in [5.74, 6) is 0.709. The Morgan fingerprint density at radius 1 is 1.33 bits per heavy atom. The molecule has 0 aliphatic carbocycles. The van der Waals surface area contributed by atoms with Gasteiger partial charge in [-0.2, -0.15) is 0 Å². The number of H-pyrrole nitrogens is 1. The van der Waals surface area contributed by atoms with Crippen LogP contribution in [0.1, 0.15) is 30.3 Å². The summed E-state index contributed by atoms with van der Waals surface area (Å²) in [6.45, 7) is 3.39. The topological polar surface area (TPSA) is 52.7 Å². The molecule has 4 nitrogen and oxygen atoms in total. The molecule has 3 rings (SSSR count). The van der Waals surface area contributed by atoms with Crippen molar-refractivity contribution >= 4 is 0 Å². The van der Waals surface area contributed by atoms with Crippen LogP contribution < -0.4 is 10.6 Å². The minimum atomic E-state index is 0.466. The largest absolute Gasteiger partial charge is 0.348 e. The highest BCUT2D eigenvalue weighted by Gasteiger charge is 2.30. The fourth-order valence-electron chi connectivity index (χ4n) is 2.80. The first-order valence-electron chi connectivity index (χ1n) is 5.91. The van der Waals surface area contributed by atoms with Gasteiger partial charge in [-0.05, 0) is 31.8 Å². The quantitative estimate of drug-likeness (QED) is 0.630. The monoisotopic (exact) mass is 206 g/mol. The minimum absolute atomic E-state index is 0.466. The molecule has 1 fully saturated rings. The smallest absolute Gasteiger partial charge is 0.0925 e. The lowest BCUT2D eigenvalue weighted by Gasteiger charge is -2.33. The fourth-order valence-corrected chi connectivity index (χ4v) is 2.80. The number of nitrogens with zero attached hydrogens (tertiary/aromatic N) is 1. The van der Waals surface area contributed by atoms with Crippen LogP contribution in [0.5, 0.6) is 0 Å². The number of rotatable bonds is 1. The first-order chi connectivity index (χ1) is 7.45. The van der Waals surface area contributed by atoms with Crippen molar-refractivity contribution in [3.63, 3.8) is 0 Å². The molecule has 0 radical (unpaired) electrons. The molecule has 0 aromatic carbocycles. The molecule has 0 spiro atoms. The van der Waals surface area contributed by atoms with E-state index in [4.69, 9.17) is 0 Å². The van der Waals surface area contributed by atoms with Gasteiger partial charge in [0.05, 0.1) is 18.1 Å². The summed E-state index contributed by atoms with van der Waals surface area (Å²) in [5.41, 5.74) is 2.60. The third-order valence-electron chi connectivity index (χ3n) is 3.59. The number of hydrogen-bond acceptors (Lipinski definition) is 3. The molecule has 1 aromatic heterocycles. The zero-order valence-corrected chi connectivity index (χ0v) is 8.92. The molecule has 1 saturated heterocycles. The second-order valence-electron chi connectivity index (χ2n) is 4.55. The van der Waals surface area contributed by atoms with Gasteiger partial charge in [-0.1, -0.05) is 0 Å². The highest BCUT2D eigenvalue weighted by atomic mass is 15.0. The van der Waals surface area contributed by atoms with Crippen molar-refractivity contribution in [3.8, 4) is 0 Å². The lowest BCUT2D eigenvalue weighted by Crippen LogP contribution is -2.41. The van der Waals surface area contributed by atoms with Crippen LogP contribution in [0, 0.1) is 5.92 Å². The summed E-state index contributed by atoms with van der Waals surface area (Å²) in [6.07, 6.45) is 5.53. The van der Waals surface area contributed by atoms with E-state index in [2.05, 4.69) is 20.6 Å². The fraction of sp³-hybridized carbons (Fsp3) is 0.727. The van der Waals surface area contributed by atoms with Crippen molar-refractivity contribution in [2.45, 2.75) is 25.3 Å². The van der Waals surface area contributed by atoms with Crippen LogP contribution in [0.2, 0.25) is 0 Å². The number of aromatic nitrogens is 2. The Balaban J connectivity index is 1.82. The summed E-state index contributed by atoms with van der Waals surface area (Å²) in [7, 11) is 0. The Labute approximate surface area is 89.9 Å². The maximum absolute atomic E-state index is 4.47. The van der Waals surface area contributed by atoms with Crippen LogP contribution in [-0.2, 0) is 6.42 Å². The highest BCUT2D eigenvalue weighted by Crippen LogP contribution is 2.29. The molecule has 3 N–H and O–H groups in total. The number of hydrogen-bond donors (Lipinski definition) is 3. The normalized spacial score (nSPS) is 31.2. The highest BCUT2D eigenvalue weighted by molar-refractivity contribution is 5.20. The van der Waals surface area contributed by atoms with Crippen LogP contribution in [0.15, 0.2) is 6.33 Å². The lowest BCUT2D eigenvalue weighted by molar-refractivity contribution is 0.276. The van der Waals surface area contributed by atoms with Crippen molar-refractivity contribution < 1.29 is 0 Å². The zero-order valence-electron chi connectivity index (χ0n) is 8.92. The molecule has 15 heavy (non-hydrogen) atoms. The van der Waals surface area contributed by atoms with Gasteiger partial charge < -0.3 is 15.6 Å². The average Bonchev–Trinajstić information content (AvgIpc) is 2.78. The summed E-state index contributed by atoms with van der Waals surface area (Å²) < 4.78 is 0. The van der Waals surface area contributed by atoms with Gasteiger partial charge in [0.15, 0.2) is 0 Å². The van der Waals surface area contributed by atoms with Crippen molar-refractivity contribution in [2.75, 3.05) is 19.6 Å². The number of aromatic amines is 1. The molecule has 4 heteroatoms. The SMILES string of the molecule is c1nc2c([nH]1)CCNC2C1CCCNC1. The van der Waals surface area contributed by atoms with Crippen molar-refractivity contribution in [1.29, 1.82) is 0 Å². The Kier molecular flexibility index (Phi) is 2.46. The van der Waals surface area contributed by atoms with Gasteiger partial charge in [-0.15, -0.1) is 0 Å². The Morgan fingerprint density at radius 2 is 2.33 bits per heavy atom. The second-order valence-corrected chi connectivity index (χ2v) is 4.55. The van der Waals surface area contributed by atoms with Gasteiger partial charge in [0.2, 0.25) is 0 Å². The summed E-state index contributed by atoms with van der Waals surface area (Å²) in [6, 6.07) is 0.466. The van der Waals surface area contributed by atoms with E-state index in [1.807, 2.05) is 6.33 Å². The lowest BCUT2D eigenvalue weighted by atomic mass is 9.87. The van der Waals surface area contributed by atoms with Crippen LogP contribution in [0.4, 0.5) is 0 Å². The third-order valence-corrected chi connectivity index (χ3v) is 3.59. The maximum atomic E-state index is 4.47. The second kappa shape index (κ2) is 3.94. The molecular formula is C11H18N4. The van der Waals surface area contributed by atoms with E-state index in [-0.39, 0.29) is 0 Å². The van der Waals surface area contributed by atoms with E-state index in [1.54, 1.807) is 0 Å². The van der Waals surface area contributed by atoms with Gasteiger partial charge in [-0.3, -0.25) is 0 Å². The summed E-state index contributed by atoms with van der Waals surface area (Å²) >= 11 is 0. The number of imidazole rings is 1. The summed E-state index contributed by atoms with van der Waals surface area (Å²) in [5, 5.41) is 7.09. The first-order valence-corrected chi connectivity index (χ1v) is 5.91. The van der Waals surface area contributed by atoms with Crippen LogP contribution in [-0.4, -0.2) is 29.6 Å². The van der Waals surface area contributed by atoms with Gasteiger partial charge in [0, 0.05) is 18.7 Å². The Morgan fingerprint density at radius 3 is 3.20 bits per heavy atom. The molecule has 82 valence electrons. The van der Waals surface area contributed by atoms with E-state index in [0.29, 0.717) is 12.0 Å². The molecular weight excluding hydrogens is 188 g/mol. The van der Waals surface area contributed by atoms with Gasteiger partial charge in [0.25, 0.3) is 0 Å². The van der Waals surface area contributed by atoms with E-state index in [1.165, 1.54) is 30.8 Å². The molecule has 1 aromatic rings. The van der Waals surface area contributed by atoms with Crippen LogP contribution in [0.3, 0.4) is 0 Å². The van der Waals surface area contributed by atoms with Crippen LogP contribution >= 0.6 is 0 Å². The summed E-state index contributed by atoms with van der Waals surface area (Å²) in [4.78, 5) is 7.72. The molecule has 2 aliphatic rings. The van der Waals surface area contributed by atoms with Gasteiger partial charge >= 0.3 is 0 Å². The number of fused-ring (bicyclic) bond motifs is 1. The molecule has 0 bridgehead atoms. The first kappa shape index (κ1) is 9.36. The number of nitrogens with one attached hydrogen (secondary N) is 3. The Bertz CT molecular complexity index is 327. The molecule has 0 amide bonds. The minimum Gasteiger partial charge on any atom is -0.348 e. The van der Waals surface area contributed by atoms with E-state index < -0.39 is 0 Å². The molecule has 2 atom stereocenters. The molecule has 3 heterocycles. The average molecular weight is 206 g/mol. The maximum Gasteiger partial charge on any atom is 0.0925 e. The van der Waals surface area contributed by atoms with Crippen molar-refractivity contribution in [2.24, 2.45) is 5.92 Å². The van der Waals surface area contributed by atoms with Gasteiger partial charge in [0.1, 0.15) is 0 Å². The van der Waals surface area contributed by atoms with E-state index in [0.717, 1.165) is 19.5 Å². The van der Waals surface area contributed by atoms with E-state index in [9.17, 15) is 0 Å². The molecule has 2 aliphatic heterocycles. The predicted octanol–water partition coefficient (Wildman–Crippen LogP) is 0.596. The molecule has 2 unspecified atom stereocenters. The standard InChI is InChI=1S/C11H18N4/c1-2-8(6-12-4-1)10-11-9(3-5-13-10)14-7-15-11/h7-8,10,12-13H,1-6H2,(H,14,15). The zero-order chi connectivity index (χ0) is 10.1. The number of piperidine rings is 1. The van der Waals surface area contributed by atoms with Gasteiger partial charge in [-0.25, -0.2) is 4.98 Å². The molecule has 0 saturated carbocycles. The van der Waals surface area contributed by atoms with Crippen molar-refractivity contribution in [1.82, 2.24) is 20.6 Å². The Hall–Kier alpha value is -0.870. The van der Waals surface area contributed by atoms with Crippen molar-refractivity contribution in [3.05, 3.63) is 17.7 Å². The third kappa shape index (κ3) is 1.68. The predicted molar refractivity (Wildman–Crippen MR) is 58.6 cm³/mol. The van der Waals surface area contributed by atoms with Crippen LogP contribution in [0.25, 0.3) is 0 Å². The van der Waals surface area contributed by atoms with E-state index >= 15 is 0 Å².